The van der Waals surface area contributed by atoms with Crippen LogP contribution in [0.3, 0.4) is 0 Å². The Kier molecular flexibility index (Phi) is 10.3. The van der Waals surface area contributed by atoms with E-state index in [-0.39, 0.29) is 18.2 Å². The average Bonchev–Trinajstić information content (AvgIpc) is 2.86. The van der Waals surface area contributed by atoms with Crippen molar-refractivity contribution in [3.8, 4) is 28.1 Å². The molecule has 1 unspecified atom stereocenters. The Balaban J connectivity index is 2.03. The summed E-state index contributed by atoms with van der Waals surface area (Å²) in [5, 5.41) is 12.6. The number of rotatable bonds is 12. The van der Waals surface area contributed by atoms with Crippen molar-refractivity contribution in [2.24, 2.45) is 5.92 Å². The molecule has 0 saturated carbocycles. The molecule has 0 radical (unpaired) electrons. The lowest BCUT2D eigenvalue weighted by Crippen LogP contribution is -2.40. The van der Waals surface area contributed by atoms with Gasteiger partial charge in [-0.2, -0.15) is 0 Å². The van der Waals surface area contributed by atoms with E-state index in [0.29, 0.717) is 22.9 Å². The maximum atomic E-state index is 13.2. The summed E-state index contributed by atoms with van der Waals surface area (Å²) in [6.45, 7) is 7.20. The number of halogens is 1. The highest BCUT2D eigenvalue weighted by Gasteiger charge is 2.22. The lowest BCUT2D eigenvalue weighted by molar-refractivity contribution is -0.137. The number of hydrogen-bond donors (Lipinski definition) is 2. The van der Waals surface area contributed by atoms with Crippen molar-refractivity contribution < 1.29 is 19.4 Å². The average molecular weight is 538 g/mol. The molecule has 7 nitrogen and oxygen atoms in total. The van der Waals surface area contributed by atoms with Crippen LogP contribution < -0.4 is 10.1 Å². The van der Waals surface area contributed by atoms with Crippen molar-refractivity contribution >= 4 is 23.5 Å². The number of benzene rings is 2. The van der Waals surface area contributed by atoms with Gasteiger partial charge in [-0.3, -0.25) is 14.6 Å². The molecule has 1 atom stereocenters. The van der Waals surface area contributed by atoms with Gasteiger partial charge in [0.2, 0.25) is 0 Å². The predicted molar refractivity (Wildman–Crippen MR) is 152 cm³/mol. The van der Waals surface area contributed by atoms with Crippen molar-refractivity contribution in [2.45, 2.75) is 39.7 Å². The Morgan fingerprint density at radius 3 is 2.50 bits per heavy atom. The van der Waals surface area contributed by atoms with Crippen LogP contribution in [0.1, 0.15) is 42.6 Å². The van der Waals surface area contributed by atoms with Crippen molar-refractivity contribution in [2.75, 3.05) is 27.2 Å². The van der Waals surface area contributed by atoms with E-state index in [1.165, 1.54) is 6.20 Å². The summed E-state index contributed by atoms with van der Waals surface area (Å²) in [4.78, 5) is 31.3. The molecule has 3 rings (SSSR count). The first-order valence-electron chi connectivity index (χ1n) is 12.7. The summed E-state index contributed by atoms with van der Waals surface area (Å²) in [5.74, 6) is -0.812. The second kappa shape index (κ2) is 13.4. The summed E-state index contributed by atoms with van der Waals surface area (Å²) in [6.07, 6.45) is 2.23. The van der Waals surface area contributed by atoms with E-state index in [0.717, 1.165) is 40.9 Å². The third-order valence-electron chi connectivity index (χ3n) is 6.32. The van der Waals surface area contributed by atoms with Gasteiger partial charge < -0.3 is 20.1 Å². The second-order valence-electron chi connectivity index (χ2n) is 10.0. The zero-order valence-electron chi connectivity index (χ0n) is 22.6. The summed E-state index contributed by atoms with van der Waals surface area (Å²) in [6, 6.07) is 14.8. The number of pyridine rings is 1. The maximum absolute atomic E-state index is 13.2. The molecule has 2 aromatic carbocycles. The van der Waals surface area contributed by atoms with Gasteiger partial charge in [0.15, 0.2) is 0 Å². The van der Waals surface area contributed by atoms with Crippen molar-refractivity contribution in [3.05, 3.63) is 70.9 Å². The summed E-state index contributed by atoms with van der Waals surface area (Å²) < 4.78 is 6.00. The fourth-order valence-electron chi connectivity index (χ4n) is 4.10. The molecule has 1 aromatic heterocycles. The van der Waals surface area contributed by atoms with Crippen molar-refractivity contribution in [1.82, 2.24) is 15.2 Å². The topological polar surface area (TPSA) is 91.8 Å². The van der Waals surface area contributed by atoms with Gasteiger partial charge >= 0.3 is 5.97 Å². The fourth-order valence-corrected chi connectivity index (χ4v) is 4.27. The van der Waals surface area contributed by atoms with E-state index in [1.54, 1.807) is 12.1 Å². The van der Waals surface area contributed by atoms with E-state index in [2.05, 4.69) is 10.2 Å². The third-order valence-corrected chi connectivity index (χ3v) is 6.63. The van der Waals surface area contributed by atoms with Gasteiger partial charge in [-0.1, -0.05) is 55.8 Å². The maximum Gasteiger partial charge on any atom is 0.305 e. The zero-order chi connectivity index (χ0) is 27.8. The van der Waals surface area contributed by atoms with E-state index >= 15 is 0 Å². The van der Waals surface area contributed by atoms with Crippen molar-refractivity contribution in [3.63, 3.8) is 0 Å². The van der Waals surface area contributed by atoms with Crippen LogP contribution in [0.25, 0.3) is 22.4 Å². The first-order valence-corrected chi connectivity index (χ1v) is 13.1. The van der Waals surface area contributed by atoms with Crippen molar-refractivity contribution in [1.29, 1.82) is 0 Å². The molecule has 0 aliphatic rings. The van der Waals surface area contributed by atoms with Crippen LogP contribution in [0.5, 0.6) is 5.75 Å². The quantitative estimate of drug-likeness (QED) is 0.278. The van der Waals surface area contributed by atoms with E-state index in [1.807, 2.05) is 71.3 Å². The molecule has 1 heterocycles. The van der Waals surface area contributed by atoms with E-state index in [4.69, 9.17) is 21.3 Å². The third kappa shape index (κ3) is 7.79. The number of nitrogens with zero attached hydrogens (tertiary/aromatic N) is 2. The number of carboxylic acid groups (broad SMARTS) is 1. The molecule has 8 heteroatoms. The highest BCUT2D eigenvalue weighted by Crippen LogP contribution is 2.36. The van der Waals surface area contributed by atoms with Crippen LogP contribution in [-0.4, -0.2) is 60.2 Å². The second-order valence-corrected chi connectivity index (χ2v) is 10.4. The molecule has 202 valence electrons. The molecular formula is C30H36ClN3O4. The fraction of sp³-hybridized carbons (Fsp3) is 0.367. The summed E-state index contributed by atoms with van der Waals surface area (Å²) in [5.41, 5.74) is 4.63. The minimum absolute atomic E-state index is 0.0443. The molecule has 0 bridgehead atoms. The Bertz CT molecular complexity index is 1280. The minimum Gasteiger partial charge on any atom is -0.492 e. The lowest BCUT2D eigenvalue weighted by atomic mass is 9.95. The Hall–Kier alpha value is -3.42. The number of aliphatic carboxylic acids is 1. The monoisotopic (exact) mass is 537 g/mol. The molecule has 0 fully saturated rings. The molecule has 0 spiro atoms. The van der Waals surface area contributed by atoms with Crippen LogP contribution in [0.4, 0.5) is 0 Å². The van der Waals surface area contributed by atoms with Crippen LogP contribution in [0.2, 0.25) is 5.02 Å². The number of carboxylic acids is 1. The molecule has 1 amide bonds. The Morgan fingerprint density at radius 2 is 1.84 bits per heavy atom. The first-order chi connectivity index (χ1) is 18.1. The molecule has 0 aliphatic carbocycles. The van der Waals surface area contributed by atoms with Gasteiger partial charge in [-0.25, -0.2) is 0 Å². The Labute approximate surface area is 229 Å². The number of carbonyl (C=O) groups is 2. The van der Waals surface area contributed by atoms with Crippen LogP contribution in [0, 0.1) is 12.8 Å². The van der Waals surface area contributed by atoms with Gasteiger partial charge in [0.25, 0.3) is 5.91 Å². The normalized spacial score (nSPS) is 12.0. The van der Waals surface area contributed by atoms with Gasteiger partial charge in [-0.15, -0.1) is 0 Å². The highest BCUT2D eigenvalue weighted by atomic mass is 35.5. The number of carbonyl (C=O) groups excluding carboxylic acids is 1. The van der Waals surface area contributed by atoms with Crippen LogP contribution >= 0.6 is 11.6 Å². The number of amides is 1. The number of nitrogens with one attached hydrogen (secondary N) is 1. The van der Waals surface area contributed by atoms with E-state index < -0.39 is 12.0 Å². The van der Waals surface area contributed by atoms with Gasteiger partial charge in [0.1, 0.15) is 5.75 Å². The first kappa shape index (κ1) is 29.1. The molecular weight excluding hydrogens is 502 g/mol. The van der Waals surface area contributed by atoms with Gasteiger partial charge in [0, 0.05) is 29.9 Å². The molecule has 0 saturated heterocycles. The molecule has 38 heavy (non-hydrogen) atoms. The smallest absolute Gasteiger partial charge is 0.305 e. The summed E-state index contributed by atoms with van der Waals surface area (Å²) in [7, 11) is 4.03. The Morgan fingerprint density at radius 1 is 1.11 bits per heavy atom. The predicted octanol–water partition coefficient (Wildman–Crippen LogP) is 5.94. The largest absolute Gasteiger partial charge is 0.492 e. The molecule has 2 N–H and O–H groups in total. The number of ether oxygens (including phenoxy) is 1. The number of aromatic nitrogens is 1. The molecule has 3 aromatic rings. The van der Waals surface area contributed by atoms with Crippen LogP contribution in [0.15, 0.2) is 54.7 Å². The van der Waals surface area contributed by atoms with Crippen LogP contribution in [-0.2, 0) is 4.79 Å². The standard InChI is InChI=1S/C30H36ClN3O4/c1-19(2)26(17-28(35)36)33-30(37)22-15-24(29(32-18-22)23-10-7-6-9-20(23)3)21-11-12-25(31)27(16-21)38-14-8-13-34(4)5/h6-7,9-12,15-16,18-19,26H,8,13-14,17H2,1-5H3,(H,33,37)(H,35,36). The summed E-state index contributed by atoms with van der Waals surface area (Å²) >= 11 is 6.45. The van der Waals surface area contributed by atoms with E-state index in [9.17, 15) is 14.7 Å². The van der Waals surface area contributed by atoms with Gasteiger partial charge in [0.05, 0.1) is 29.3 Å². The molecule has 0 aliphatic heterocycles. The highest BCUT2D eigenvalue weighted by molar-refractivity contribution is 6.32. The van der Waals surface area contributed by atoms with Gasteiger partial charge in [-0.05, 0) is 62.7 Å². The zero-order valence-corrected chi connectivity index (χ0v) is 23.4. The lowest BCUT2D eigenvalue weighted by Gasteiger charge is -2.21. The SMILES string of the molecule is Cc1ccccc1-c1ncc(C(=O)NC(CC(=O)O)C(C)C)cc1-c1ccc(Cl)c(OCCCN(C)C)c1. The number of aryl methyl sites for hydroxylation is 1. The minimum atomic E-state index is -0.961. The number of hydrogen-bond acceptors (Lipinski definition) is 5.